The average Bonchev–Trinajstić information content (AvgIpc) is 3.15. The van der Waals surface area contributed by atoms with E-state index in [1.165, 1.54) is 0 Å². The second kappa shape index (κ2) is 8.39. The molecule has 8 nitrogen and oxygen atoms in total. The van der Waals surface area contributed by atoms with Gasteiger partial charge in [-0.05, 0) is 24.3 Å². The second-order valence-electron chi connectivity index (χ2n) is 7.93. The summed E-state index contributed by atoms with van der Waals surface area (Å²) >= 11 is 0. The largest absolute Gasteiger partial charge is 0.481 e. The molecule has 8 heteroatoms. The molecule has 1 atom stereocenters. The number of carbonyl (C=O) groups excluding carboxylic acids is 1. The topological polar surface area (TPSA) is 79.8 Å². The Labute approximate surface area is 180 Å². The fourth-order valence-electron chi connectivity index (χ4n) is 4.15. The maximum absolute atomic E-state index is 12.2. The molecule has 5 rings (SSSR count). The van der Waals surface area contributed by atoms with Crippen LogP contribution in [0.3, 0.4) is 0 Å². The molecule has 0 aliphatic carbocycles. The van der Waals surface area contributed by atoms with Gasteiger partial charge in [0.25, 0.3) is 0 Å². The number of nitrogens with zero attached hydrogens (tertiary/aromatic N) is 4. The summed E-state index contributed by atoms with van der Waals surface area (Å²) in [5, 5.41) is 3.47. The minimum absolute atomic E-state index is 0.135. The summed E-state index contributed by atoms with van der Waals surface area (Å²) < 4.78 is 10.8. The summed E-state index contributed by atoms with van der Waals surface area (Å²) in [6.07, 6.45) is 1.41. The van der Waals surface area contributed by atoms with Crippen molar-refractivity contribution in [3.05, 3.63) is 54.7 Å². The number of nitrogens with one attached hydrogen (secondary N) is 1. The number of para-hydroxylation sites is 1. The van der Waals surface area contributed by atoms with E-state index in [1.54, 1.807) is 12.0 Å². The standard InChI is InChI=1S/C23H25N5O3/c1-30-21-8-7-19-22(26-21)20(9-10-25-19)27-13-16(14-27)11-24-12-18-15-28(23(29)31-18)17-5-3-2-4-6-17/h2-10,16,18,24H,11-15H2,1H3/t18-/m1/s1. The number of pyridine rings is 2. The highest BCUT2D eigenvalue weighted by molar-refractivity contribution is 5.90. The first-order valence-electron chi connectivity index (χ1n) is 10.5. The Hall–Kier alpha value is -3.39. The molecule has 2 fully saturated rings. The first kappa shape index (κ1) is 19.6. The number of cyclic esters (lactones) is 1. The number of benzene rings is 1. The van der Waals surface area contributed by atoms with Gasteiger partial charge in [-0.1, -0.05) is 18.2 Å². The smallest absolute Gasteiger partial charge is 0.414 e. The Morgan fingerprint density at radius 3 is 2.74 bits per heavy atom. The number of hydrogen-bond acceptors (Lipinski definition) is 7. The highest BCUT2D eigenvalue weighted by Gasteiger charge is 2.33. The summed E-state index contributed by atoms with van der Waals surface area (Å²) in [5.41, 5.74) is 3.70. The Kier molecular flexibility index (Phi) is 5.30. The van der Waals surface area contributed by atoms with E-state index >= 15 is 0 Å². The molecule has 4 heterocycles. The minimum Gasteiger partial charge on any atom is -0.481 e. The molecule has 2 aliphatic rings. The molecule has 0 bridgehead atoms. The molecule has 2 aliphatic heterocycles. The zero-order valence-electron chi connectivity index (χ0n) is 17.4. The van der Waals surface area contributed by atoms with Crippen LogP contribution in [0.15, 0.2) is 54.7 Å². The van der Waals surface area contributed by atoms with E-state index in [0.29, 0.717) is 24.9 Å². The Bertz CT molecular complexity index is 1070. The number of hydrogen-bond donors (Lipinski definition) is 1. The molecule has 160 valence electrons. The van der Waals surface area contributed by atoms with Crippen molar-refractivity contribution in [3.63, 3.8) is 0 Å². The van der Waals surface area contributed by atoms with Crippen LogP contribution in [0.25, 0.3) is 11.0 Å². The van der Waals surface area contributed by atoms with Crippen molar-refractivity contribution in [1.82, 2.24) is 15.3 Å². The van der Waals surface area contributed by atoms with Crippen molar-refractivity contribution in [3.8, 4) is 5.88 Å². The maximum Gasteiger partial charge on any atom is 0.414 e. The average molecular weight is 419 g/mol. The van der Waals surface area contributed by atoms with Crippen LogP contribution in [0, 0.1) is 5.92 Å². The summed E-state index contributed by atoms with van der Waals surface area (Å²) in [6.45, 7) is 4.01. The van der Waals surface area contributed by atoms with Gasteiger partial charge in [-0.2, -0.15) is 0 Å². The first-order chi connectivity index (χ1) is 15.2. The van der Waals surface area contributed by atoms with E-state index < -0.39 is 0 Å². The first-order valence-corrected chi connectivity index (χ1v) is 10.5. The fraction of sp³-hybridized carbons (Fsp3) is 0.348. The number of fused-ring (bicyclic) bond motifs is 1. The highest BCUT2D eigenvalue weighted by Crippen LogP contribution is 2.30. The van der Waals surface area contributed by atoms with Gasteiger partial charge in [0, 0.05) is 50.0 Å². The molecule has 3 aromatic rings. The lowest BCUT2D eigenvalue weighted by molar-refractivity contribution is 0.139. The van der Waals surface area contributed by atoms with Gasteiger partial charge >= 0.3 is 6.09 Å². The van der Waals surface area contributed by atoms with Crippen molar-refractivity contribution in [1.29, 1.82) is 0 Å². The van der Waals surface area contributed by atoms with Gasteiger partial charge in [0.1, 0.15) is 11.6 Å². The molecule has 1 amide bonds. The summed E-state index contributed by atoms with van der Waals surface area (Å²) in [7, 11) is 1.62. The van der Waals surface area contributed by atoms with Crippen LogP contribution in [0.1, 0.15) is 0 Å². The third-order valence-electron chi connectivity index (χ3n) is 5.79. The van der Waals surface area contributed by atoms with Crippen LogP contribution < -0.4 is 19.9 Å². The van der Waals surface area contributed by atoms with E-state index in [0.717, 1.165) is 42.0 Å². The number of anilines is 2. The molecular formula is C23H25N5O3. The molecule has 31 heavy (non-hydrogen) atoms. The van der Waals surface area contributed by atoms with Crippen LogP contribution in [0.5, 0.6) is 5.88 Å². The number of ether oxygens (including phenoxy) is 2. The molecular weight excluding hydrogens is 394 g/mol. The summed E-state index contributed by atoms with van der Waals surface area (Å²) in [4.78, 5) is 25.1. The highest BCUT2D eigenvalue weighted by atomic mass is 16.6. The van der Waals surface area contributed by atoms with Crippen molar-refractivity contribution in [2.75, 3.05) is 49.6 Å². The fourth-order valence-corrected chi connectivity index (χ4v) is 4.15. The summed E-state index contributed by atoms with van der Waals surface area (Å²) in [6, 6.07) is 15.4. The normalized spacial score (nSPS) is 18.9. The summed E-state index contributed by atoms with van der Waals surface area (Å²) in [5.74, 6) is 1.13. The maximum atomic E-state index is 12.2. The van der Waals surface area contributed by atoms with Gasteiger partial charge in [-0.15, -0.1) is 0 Å². The van der Waals surface area contributed by atoms with Crippen LogP contribution in [-0.4, -0.2) is 62.0 Å². The van der Waals surface area contributed by atoms with Crippen LogP contribution in [-0.2, 0) is 4.74 Å². The molecule has 2 saturated heterocycles. The van der Waals surface area contributed by atoms with Crippen molar-refractivity contribution in [2.45, 2.75) is 6.10 Å². The van der Waals surface area contributed by atoms with Gasteiger partial charge in [-0.3, -0.25) is 9.88 Å². The lowest BCUT2D eigenvalue weighted by atomic mass is 9.99. The minimum atomic E-state index is -0.277. The van der Waals surface area contributed by atoms with E-state index in [4.69, 9.17) is 9.47 Å². The predicted molar refractivity (Wildman–Crippen MR) is 119 cm³/mol. The Balaban J connectivity index is 1.12. The number of carbonyl (C=O) groups is 1. The zero-order valence-corrected chi connectivity index (χ0v) is 17.4. The number of rotatable bonds is 7. The van der Waals surface area contributed by atoms with E-state index in [1.807, 2.05) is 54.7 Å². The van der Waals surface area contributed by atoms with Gasteiger partial charge in [-0.25, -0.2) is 9.78 Å². The Morgan fingerprint density at radius 1 is 1.10 bits per heavy atom. The van der Waals surface area contributed by atoms with E-state index in [-0.39, 0.29) is 12.2 Å². The van der Waals surface area contributed by atoms with E-state index in [9.17, 15) is 4.79 Å². The van der Waals surface area contributed by atoms with Crippen LogP contribution >= 0.6 is 0 Å². The van der Waals surface area contributed by atoms with Crippen molar-refractivity contribution >= 4 is 28.5 Å². The number of methoxy groups -OCH3 is 1. The molecule has 0 saturated carbocycles. The van der Waals surface area contributed by atoms with E-state index in [2.05, 4.69) is 20.2 Å². The van der Waals surface area contributed by atoms with Crippen molar-refractivity contribution < 1.29 is 14.3 Å². The number of amides is 1. The molecule has 0 spiro atoms. The lowest BCUT2D eigenvalue weighted by Crippen LogP contribution is -2.51. The number of aromatic nitrogens is 2. The molecule has 2 aromatic heterocycles. The lowest BCUT2D eigenvalue weighted by Gasteiger charge is -2.41. The molecule has 1 N–H and O–H groups in total. The van der Waals surface area contributed by atoms with Gasteiger partial charge < -0.3 is 19.7 Å². The molecule has 0 radical (unpaired) electrons. The van der Waals surface area contributed by atoms with Gasteiger partial charge in [0.2, 0.25) is 5.88 Å². The quantitative estimate of drug-likeness (QED) is 0.631. The molecule has 1 aromatic carbocycles. The van der Waals surface area contributed by atoms with Crippen molar-refractivity contribution in [2.24, 2.45) is 5.92 Å². The van der Waals surface area contributed by atoms with Gasteiger partial charge in [0.05, 0.1) is 24.9 Å². The predicted octanol–water partition coefficient (Wildman–Crippen LogP) is 2.69. The Morgan fingerprint density at radius 2 is 1.94 bits per heavy atom. The van der Waals surface area contributed by atoms with Crippen LogP contribution in [0.2, 0.25) is 0 Å². The zero-order chi connectivity index (χ0) is 21.2. The third-order valence-corrected chi connectivity index (χ3v) is 5.79. The molecule has 0 unspecified atom stereocenters. The van der Waals surface area contributed by atoms with Crippen LogP contribution in [0.4, 0.5) is 16.2 Å². The SMILES string of the molecule is COc1ccc2nccc(N3CC(CNC[C@@H]4CN(c5ccccc5)C(=O)O4)C3)c2n1. The van der Waals surface area contributed by atoms with Gasteiger partial charge in [0.15, 0.2) is 0 Å². The second-order valence-corrected chi connectivity index (χ2v) is 7.93. The monoisotopic (exact) mass is 419 g/mol. The third kappa shape index (κ3) is 3.98.